The van der Waals surface area contributed by atoms with E-state index in [1.807, 2.05) is 4.31 Å². The van der Waals surface area contributed by atoms with E-state index in [1.54, 1.807) is 0 Å². The lowest BCUT2D eigenvalue weighted by molar-refractivity contribution is 0.307. The third kappa shape index (κ3) is 3.06. The van der Waals surface area contributed by atoms with E-state index < -0.39 is 10.0 Å². The zero-order valence-corrected chi connectivity index (χ0v) is 12.2. The first-order chi connectivity index (χ1) is 8.66. The van der Waals surface area contributed by atoms with Gasteiger partial charge in [-0.2, -0.15) is 4.31 Å². The van der Waals surface area contributed by atoms with E-state index in [-0.39, 0.29) is 11.3 Å². The van der Waals surface area contributed by atoms with Crippen LogP contribution in [0.15, 0.2) is 0 Å². The Bertz CT molecular complexity index is 350. The van der Waals surface area contributed by atoms with Crippen molar-refractivity contribution in [2.45, 2.75) is 63.2 Å². The van der Waals surface area contributed by atoms with E-state index in [1.165, 1.54) is 12.8 Å². The smallest absolute Gasteiger partial charge is 0.218 e. The molecule has 0 aromatic heterocycles. The maximum atomic E-state index is 12.7. The van der Waals surface area contributed by atoms with Crippen LogP contribution in [0.1, 0.15) is 51.9 Å². The zero-order valence-electron chi connectivity index (χ0n) is 11.4. The lowest BCUT2D eigenvalue weighted by Crippen LogP contribution is -2.49. The fraction of sp³-hybridized carbons (Fsp3) is 1.00. The molecular weight excluding hydrogens is 248 g/mol. The SMILES string of the molecule is CCC1CCCCCN1S(=O)(=O)C1CCCNC1. The van der Waals surface area contributed by atoms with Crippen LogP contribution in [-0.4, -0.2) is 43.6 Å². The highest BCUT2D eigenvalue weighted by molar-refractivity contribution is 7.89. The highest BCUT2D eigenvalue weighted by Gasteiger charge is 2.36. The molecule has 2 unspecified atom stereocenters. The fourth-order valence-electron chi connectivity index (χ4n) is 3.16. The van der Waals surface area contributed by atoms with Gasteiger partial charge >= 0.3 is 0 Å². The Kier molecular flexibility index (Phi) is 5.04. The molecule has 0 aliphatic carbocycles. The number of sulfonamides is 1. The van der Waals surface area contributed by atoms with Crippen molar-refractivity contribution in [3.63, 3.8) is 0 Å². The van der Waals surface area contributed by atoms with Gasteiger partial charge in [-0.15, -0.1) is 0 Å². The number of piperidine rings is 1. The van der Waals surface area contributed by atoms with Crippen molar-refractivity contribution in [2.75, 3.05) is 19.6 Å². The first kappa shape index (κ1) is 14.3. The molecule has 0 radical (unpaired) electrons. The summed E-state index contributed by atoms with van der Waals surface area (Å²) in [6.07, 6.45) is 7.15. The van der Waals surface area contributed by atoms with E-state index in [2.05, 4.69) is 12.2 Å². The number of nitrogens with one attached hydrogen (secondary N) is 1. The standard InChI is InChI=1S/C13H26N2O2S/c1-2-12-7-4-3-5-10-15(12)18(16,17)13-8-6-9-14-11-13/h12-14H,2-11H2,1H3. The van der Waals surface area contributed by atoms with Gasteiger partial charge in [0.2, 0.25) is 10.0 Å². The molecule has 4 nitrogen and oxygen atoms in total. The predicted octanol–water partition coefficient (Wildman–Crippen LogP) is 1.72. The largest absolute Gasteiger partial charge is 0.315 e. The summed E-state index contributed by atoms with van der Waals surface area (Å²) in [4.78, 5) is 0. The van der Waals surface area contributed by atoms with Crippen molar-refractivity contribution in [1.82, 2.24) is 9.62 Å². The molecule has 0 saturated carbocycles. The Labute approximate surface area is 111 Å². The van der Waals surface area contributed by atoms with Crippen LogP contribution in [0, 0.1) is 0 Å². The van der Waals surface area contributed by atoms with Gasteiger partial charge in [-0.3, -0.25) is 0 Å². The Balaban J connectivity index is 2.14. The van der Waals surface area contributed by atoms with E-state index in [9.17, 15) is 8.42 Å². The molecule has 0 amide bonds. The first-order valence-corrected chi connectivity index (χ1v) is 8.88. The minimum Gasteiger partial charge on any atom is -0.315 e. The van der Waals surface area contributed by atoms with Gasteiger partial charge in [0.15, 0.2) is 0 Å². The third-order valence-electron chi connectivity index (χ3n) is 4.29. The second-order valence-corrected chi connectivity index (χ2v) is 7.70. The van der Waals surface area contributed by atoms with Crippen LogP contribution in [0.3, 0.4) is 0 Å². The van der Waals surface area contributed by atoms with Crippen molar-refractivity contribution in [3.05, 3.63) is 0 Å². The number of rotatable bonds is 3. The molecule has 18 heavy (non-hydrogen) atoms. The summed E-state index contributed by atoms with van der Waals surface area (Å²) in [5.74, 6) is 0. The van der Waals surface area contributed by atoms with Gasteiger partial charge in [-0.05, 0) is 38.6 Å². The number of hydrogen-bond acceptors (Lipinski definition) is 3. The molecule has 2 rings (SSSR count). The van der Waals surface area contributed by atoms with Crippen LogP contribution in [-0.2, 0) is 10.0 Å². The Morgan fingerprint density at radius 3 is 2.67 bits per heavy atom. The highest BCUT2D eigenvalue weighted by atomic mass is 32.2. The molecule has 5 heteroatoms. The summed E-state index contributed by atoms with van der Waals surface area (Å²) < 4.78 is 27.3. The molecule has 2 saturated heterocycles. The Morgan fingerprint density at radius 2 is 2.00 bits per heavy atom. The molecule has 2 atom stereocenters. The van der Waals surface area contributed by atoms with Crippen molar-refractivity contribution >= 4 is 10.0 Å². The average molecular weight is 274 g/mol. The van der Waals surface area contributed by atoms with Gasteiger partial charge < -0.3 is 5.32 Å². The minimum atomic E-state index is -3.10. The molecule has 2 fully saturated rings. The molecule has 1 N–H and O–H groups in total. The fourth-order valence-corrected chi connectivity index (χ4v) is 5.39. The number of hydrogen-bond donors (Lipinski definition) is 1. The van der Waals surface area contributed by atoms with Crippen LogP contribution in [0.4, 0.5) is 0 Å². The van der Waals surface area contributed by atoms with Gasteiger partial charge in [0, 0.05) is 19.1 Å². The van der Waals surface area contributed by atoms with Crippen molar-refractivity contribution in [3.8, 4) is 0 Å². The van der Waals surface area contributed by atoms with E-state index in [0.29, 0.717) is 6.54 Å². The van der Waals surface area contributed by atoms with Crippen molar-refractivity contribution < 1.29 is 8.42 Å². The molecule has 0 bridgehead atoms. The van der Waals surface area contributed by atoms with Crippen LogP contribution in [0.5, 0.6) is 0 Å². The van der Waals surface area contributed by atoms with Gasteiger partial charge in [-0.1, -0.05) is 19.8 Å². The maximum absolute atomic E-state index is 12.7. The summed E-state index contributed by atoms with van der Waals surface area (Å²) in [6.45, 7) is 4.44. The summed E-state index contributed by atoms with van der Waals surface area (Å²) in [7, 11) is -3.10. The highest BCUT2D eigenvalue weighted by Crippen LogP contribution is 2.26. The minimum absolute atomic E-state index is 0.196. The summed E-state index contributed by atoms with van der Waals surface area (Å²) in [5.41, 5.74) is 0. The Hall–Kier alpha value is -0.130. The zero-order chi connectivity index (χ0) is 13.0. The second kappa shape index (κ2) is 6.35. The van der Waals surface area contributed by atoms with Crippen molar-refractivity contribution in [1.29, 1.82) is 0 Å². The summed E-state index contributed by atoms with van der Waals surface area (Å²) >= 11 is 0. The quantitative estimate of drug-likeness (QED) is 0.852. The second-order valence-electron chi connectivity index (χ2n) is 5.54. The average Bonchev–Trinajstić information content (AvgIpc) is 2.65. The molecule has 2 heterocycles. The van der Waals surface area contributed by atoms with E-state index in [0.717, 1.165) is 45.2 Å². The van der Waals surface area contributed by atoms with Crippen LogP contribution in [0.2, 0.25) is 0 Å². The summed E-state index contributed by atoms with van der Waals surface area (Å²) in [5, 5.41) is 3.03. The lowest BCUT2D eigenvalue weighted by Gasteiger charge is -2.33. The first-order valence-electron chi connectivity index (χ1n) is 7.37. The van der Waals surface area contributed by atoms with Gasteiger partial charge in [0.1, 0.15) is 0 Å². The molecule has 2 aliphatic rings. The van der Waals surface area contributed by atoms with Gasteiger partial charge in [-0.25, -0.2) is 8.42 Å². The molecule has 0 aromatic rings. The van der Waals surface area contributed by atoms with Crippen LogP contribution >= 0.6 is 0 Å². The van der Waals surface area contributed by atoms with Gasteiger partial charge in [0.25, 0.3) is 0 Å². The maximum Gasteiger partial charge on any atom is 0.218 e. The normalized spacial score (nSPS) is 32.1. The Morgan fingerprint density at radius 1 is 1.17 bits per heavy atom. The molecular formula is C13H26N2O2S. The molecule has 0 aromatic carbocycles. The monoisotopic (exact) mass is 274 g/mol. The third-order valence-corrected chi connectivity index (χ3v) is 6.67. The number of nitrogens with zero attached hydrogens (tertiary/aromatic N) is 1. The molecule has 0 spiro atoms. The molecule has 106 valence electrons. The predicted molar refractivity (Wildman–Crippen MR) is 74.1 cm³/mol. The van der Waals surface area contributed by atoms with Crippen molar-refractivity contribution in [2.24, 2.45) is 0 Å². The van der Waals surface area contributed by atoms with Gasteiger partial charge in [0.05, 0.1) is 5.25 Å². The van der Waals surface area contributed by atoms with E-state index >= 15 is 0 Å². The summed E-state index contributed by atoms with van der Waals surface area (Å²) in [6, 6.07) is 0.236. The lowest BCUT2D eigenvalue weighted by atomic mass is 10.1. The molecule has 2 aliphatic heterocycles. The topological polar surface area (TPSA) is 49.4 Å². The van der Waals surface area contributed by atoms with E-state index in [4.69, 9.17) is 0 Å². The van der Waals surface area contributed by atoms with Crippen LogP contribution < -0.4 is 5.32 Å². The van der Waals surface area contributed by atoms with Crippen LogP contribution in [0.25, 0.3) is 0 Å².